The Hall–Kier alpha value is -2.41. The second kappa shape index (κ2) is 4.93. The summed E-state index contributed by atoms with van der Waals surface area (Å²) in [5.41, 5.74) is 0.832. The summed E-state index contributed by atoms with van der Waals surface area (Å²) in [6.45, 7) is 0. The Labute approximate surface area is 118 Å². The van der Waals surface area contributed by atoms with Crippen molar-refractivity contribution in [2.75, 3.05) is 17.7 Å². The minimum Gasteiger partial charge on any atom is -0.357 e. The normalized spacial score (nSPS) is 10.8. The molecule has 0 spiro atoms. The molecule has 6 nitrogen and oxygen atoms in total. The first-order valence-electron chi connectivity index (χ1n) is 5.78. The van der Waals surface area contributed by atoms with Gasteiger partial charge in [-0.2, -0.15) is 15.1 Å². The van der Waals surface area contributed by atoms with Crippen molar-refractivity contribution >= 4 is 40.1 Å². The maximum absolute atomic E-state index is 13.8. The van der Waals surface area contributed by atoms with Gasteiger partial charge < -0.3 is 10.6 Å². The molecule has 0 saturated heterocycles. The van der Waals surface area contributed by atoms with Gasteiger partial charge in [0.1, 0.15) is 11.6 Å². The van der Waals surface area contributed by atoms with Crippen LogP contribution in [0.25, 0.3) is 11.0 Å². The number of halogens is 2. The van der Waals surface area contributed by atoms with Crippen molar-refractivity contribution in [1.82, 2.24) is 20.2 Å². The molecule has 2 heterocycles. The Balaban J connectivity index is 2.07. The molecule has 3 rings (SSSR count). The van der Waals surface area contributed by atoms with Crippen LogP contribution in [0, 0.1) is 5.82 Å². The minimum absolute atomic E-state index is 0.276. The van der Waals surface area contributed by atoms with E-state index in [2.05, 4.69) is 30.8 Å². The first kappa shape index (κ1) is 12.6. The lowest BCUT2D eigenvalue weighted by Crippen LogP contribution is -2.02. The van der Waals surface area contributed by atoms with Crippen molar-refractivity contribution in [3.63, 3.8) is 0 Å². The van der Waals surface area contributed by atoms with E-state index in [1.807, 2.05) is 0 Å². The van der Waals surface area contributed by atoms with Gasteiger partial charge in [0, 0.05) is 12.1 Å². The number of hydrogen-bond acceptors (Lipinski definition) is 5. The molecular weight excluding hydrogens is 283 g/mol. The average Bonchev–Trinajstić information content (AvgIpc) is 2.90. The summed E-state index contributed by atoms with van der Waals surface area (Å²) < 4.78 is 13.8. The van der Waals surface area contributed by atoms with E-state index in [9.17, 15) is 4.39 Å². The van der Waals surface area contributed by atoms with Crippen molar-refractivity contribution in [1.29, 1.82) is 0 Å². The van der Waals surface area contributed by atoms with Gasteiger partial charge in [-0.3, -0.25) is 5.10 Å². The molecule has 0 aliphatic heterocycles. The summed E-state index contributed by atoms with van der Waals surface area (Å²) in [7, 11) is 1.70. The fraction of sp³-hybridized carbons (Fsp3) is 0.0833. The topological polar surface area (TPSA) is 78.5 Å². The van der Waals surface area contributed by atoms with Crippen LogP contribution in [0.5, 0.6) is 0 Å². The number of anilines is 3. The largest absolute Gasteiger partial charge is 0.357 e. The number of aromatic nitrogens is 4. The highest BCUT2D eigenvalue weighted by Gasteiger charge is 2.11. The Morgan fingerprint density at radius 3 is 2.90 bits per heavy atom. The number of rotatable bonds is 3. The van der Waals surface area contributed by atoms with Gasteiger partial charge in [0.05, 0.1) is 17.3 Å². The Kier molecular flexibility index (Phi) is 3.11. The van der Waals surface area contributed by atoms with Crippen LogP contribution in [0.2, 0.25) is 5.02 Å². The molecular formula is C12H10ClFN6. The van der Waals surface area contributed by atoms with E-state index in [0.29, 0.717) is 27.8 Å². The zero-order valence-electron chi connectivity index (χ0n) is 10.4. The van der Waals surface area contributed by atoms with Crippen LogP contribution in [0.15, 0.2) is 24.4 Å². The molecule has 102 valence electrons. The number of aromatic amines is 1. The maximum atomic E-state index is 13.8. The van der Waals surface area contributed by atoms with Gasteiger partial charge >= 0.3 is 0 Å². The van der Waals surface area contributed by atoms with Crippen LogP contribution in [0.4, 0.5) is 21.8 Å². The molecule has 0 fully saturated rings. The van der Waals surface area contributed by atoms with Gasteiger partial charge in [-0.15, -0.1) is 0 Å². The monoisotopic (exact) mass is 292 g/mol. The lowest BCUT2D eigenvalue weighted by molar-refractivity contribution is 0.632. The van der Waals surface area contributed by atoms with Gasteiger partial charge in [-0.1, -0.05) is 11.6 Å². The van der Waals surface area contributed by atoms with E-state index in [0.717, 1.165) is 0 Å². The second-order valence-electron chi connectivity index (χ2n) is 4.03. The van der Waals surface area contributed by atoms with Gasteiger partial charge in [0.2, 0.25) is 5.95 Å². The molecule has 0 bridgehead atoms. The van der Waals surface area contributed by atoms with Crippen molar-refractivity contribution in [3.8, 4) is 0 Å². The number of nitrogens with one attached hydrogen (secondary N) is 3. The highest BCUT2D eigenvalue weighted by Crippen LogP contribution is 2.26. The summed E-state index contributed by atoms with van der Waals surface area (Å²) in [5, 5.41) is 13.4. The lowest BCUT2D eigenvalue weighted by Gasteiger charge is -2.09. The first-order valence-corrected chi connectivity index (χ1v) is 6.16. The minimum atomic E-state index is -0.459. The maximum Gasteiger partial charge on any atom is 0.226 e. The van der Waals surface area contributed by atoms with E-state index >= 15 is 0 Å². The summed E-state index contributed by atoms with van der Waals surface area (Å²) in [5.74, 6) is 0.395. The standard InChI is InChI=1S/C12H10ClFN6/c1-15-12-18-10(7-5-16-20-11(7)19-12)17-9-3-2-6(13)4-8(9)14/h2-5H,1H3,(H3,15,16,17,18,19,20). The molecule has 0 radical (unpaired) electrons. The second-order valence-corrected chi connectivity index (χ2v) is 4.46. The molecule has 0 saturated carbocycles. The van der Waals surface area contributed by atoms with Crippen molar-refractivity contribution < 1.29 is 4.39 Å². The third kappa shape index (κ3) is 2.23. The van der Waals surface area contributed by atoms with E-state index in [1.165, 1.54) is 6.07 Å². The van der Waals surface area contributed by atoms with Crippen LogP contribution in [-0.2, 0) is 0 Å². The first-order chi connectivity index (χ1) is 9.67. The van der Waals surface area contributed by atoms with Gasteiger partial charge in [0.25, 0.3) is 0 Å². The molecule has 0 amide bonds. The third-order valence-electron chi connectivity index (χ3n) is 2.72. The third-order valence-corrected chi connectivity index (χ3v) is 2.95. The van der Waals surface area contributed by atoms with Gasteiger partial charge in [-0.05, 0) is 18.2 Å². The zero-order valence-corrected chi connectivity index (χ0v) is 11.2. The van der Waals surface area contributed by atoms with E-state index in [-0.39, 0.29) is 5.69 Å². The molecule has 8 heteroatoms. The molecule has 0 unspecified atom stereocenters. The lowest BCUT2D eigenvalue weighted by atomic mass is 10.3. The summed E-state index contributed by atoms with van der Waals surface area (Å²) in [6, 6.07) is 4.38. The van der Waals surface area contributed by atoms with E-state index in [1.54, 1.807) is 25.4 Å². The van der Waals surface area contributed by atoms with Crippen molar-refractivity contribution in [3.05, 3.63) is 35.2 Å². The van der Waals surface area contributed by atoms with Crippen LogP contribution < -0.4 is 10.6 Å². The average molecular weight is 293 g/mol. The SMILES string of the molecule is CNc1nc(Nc2ccc(Cl)cc2F)c2cn[nH]c2n1. The predicted octanol–water partition coefficient (Wildman–Crippen LogP) is 2.93. The predicted molar refractivity (Wildman–Crippen MR) is 75.9 cm³/mol. The van der Waals surface area contributed by atoms with Crippen LogP contribution in [0.1, 0.15) is 0 Å². The molecule has 3 aromatic rings. The molecule has 3 N–H and O–H groups in total. The number of hydrogen-bond donors (Lipinski definition) is 3. The zero-order chi connectivity index (χ0) is 14.1. The Morgan fingerprint density at radius 1 is 1.30 bits per heavy atom. The van der Waals surface area contributed by atoms with E-state index < -0.39 is 5.82 Å². The van der Waals surface area contributed by atoms with Gasteiger partial charge in [0.15, 0.2) is 5.65 Å². The molecule has 2 aromatic heterocycles. The number of fused-ring (bicyclic) bond motifs is 1. The van der Waals surface area contributed by atoms with Crippen LogP contribution in [0.3, 0.4) is 0 Å². The molecule has 0 atom stereocenters. The highest BCUT2D eigenvalue weighted by molar-refractivity contribution is 6.30. The van der Waals surface area contributed by atoms with Crippen LogP contribution >= 0.6 is 11.6 Å². The fourth-order valence-corrected chi connectivity index (χ4v) is 1.92. The number of nitrogens with zero attached hydrogens (tertiary/aromatic N) is 3. The molecule has 1 aromatic carbocycles. The summed E-state index contributed by atoms with van der Waals surface area (Å²) in [6.07, 6.45) is 1.57. The van der Waals surface area contributed by atoms with Crippen molar-refractivity contribution in [2.24, 2.45) is 0 Å². The number of H-pyrrole nitrogens is 1. The quantitative estimate of drug-likeness (QED) is 0.692. The highest BCUT2D eigenvalue weighted by atomic mass is 35.5. The Bertz CT molecular complexity index is 772. The molecule has 20 heavy (non-hydrogen) atoms. The molecule has 0 aliphatic rings. The smallest absolute Gasteiger partial charge is 0.226 e. The Morgan fingerprint density at radius 2 is 2.15 bits per heavy atom. The number of benzene rings is 1. The summed E-state index contributed by atoms with van der Waals surface area (Å²) >= 11 is 5.73. The van der Waals surface area contributed by atoms with Crippen LogP contribution in [-0.4, -0.2) is 27.2 Å². The summed E-state index contributed by atoms with van der Waals surface area (Å²) in [4.78, 5) is 8.45. The molecule has 0 aliphatic carbocycles. The van der Waals surface area contributed by atoms with Crippen molar-refractivity contribution in [2.45, 2.75) is 0 Å². The van der Waals surface area contributed by atoms with Gasteiger partial charge in [-0.25, -0.2) is 4.39 Å². The van der Waals surface area contributed by atoms with E-state index in [4.69, 9.17) is 11.6 Å². The fourth-order valence-electron chi connectivity index (χ4n) is 1.76.